The Balaban J connectivity index is 1.67. The average Bonchev–Trinajstić information content (AvgIpc) is 3.20. The van der Waals surface area contributed by atoms with Crippen LogP contribution < -0.4 is 21.3 Å². The molecule has 2 aromatic heterocycles. The van der Waals surface area contributed by atoms with Crippen molar-refractivity contribution in [1.82, 2.24) is 9.55 Å². The number of anilines is 2. The summed E-state index contributed by atoms with van der Waals surface area (Å²) in [5, 5.41) is 23.5. The molecule has 2 heterocycles. The van der Waals surface area contributed by atoms with E-state index >= 15 is 0 Å². The summed E-state index contributed by atoms with van der Waals surface area (Å²) in [5.74, 6) is 0.719. The van der Waals surface area contributed by atoms with Crippen LogP contribution in [0, 0.1) is 11.3 Å². The van der Waals surface area contributed by atoms with Gasteiger partial charge in [0.25, 0.3) is 5.56 Å². The van der Waals surface area contributed by atoms with Crippen LogP contribution in [0.15, 0.2) is 65.5 Å². The first-order valence-corrected chi connectivity index (χ1v) is 10.1. The van der Waals surface area contributed by atoms with Crippen LogP contribution in [0.25, 0.3) is 16.7 Å². The zero-order chi connectivity index (χ0) is 22.8. The molecule has 2 aromatic carbocycles. The van der Waals surface area contributed by atoms with E-state index in [1.165, 1.54) is 6.07 Å². The van der Waals surface area contributed by atoms with E-state index in [0.717, 1.165) is 11.1 Å². The Bertz CT molecular complexity index is 1360. The number of nitriles is 1. The summed E-state index contributed by atoms with van der Waals surface area (Å²) in [6.45, 7) is 3.90. The molecular weight excluding hydrogens is 406 g/mol. The fourth-order valence-corrected chi connectivity index (χ4v) is 3.47. The summed E-state index contributed by atoms with van der Waals surface area (Å²) in [4.78, 5) is 15.8. The number of aromatic nitrogens is 2. The van der Waals surface area contributed by atoms with Gasteiger partial charge in [-0.25, -0.2) is 0 Å². The van der Waals surface area contributed by atoms with Gasteiger partial charge >= 0.3 is 0 Å². The predicted octanol–water partition coefficient (Wildman–Crippen LogP) is 3.66. The first-order chi connectivity index (χ1) is 15.4. The third-order valence-electron chi connectivity index (χ3n) is 4.94. The molecule has 1 atom stereocenters. The van der Waals surface area contributed by atoms with Crippen molar-refractivity contribution >= 4 is 22.4 Å². The van der Waals surface area contributed by atoms with Crippen molar-refractivity contribution in [2.45, 2.75) is 26.2 Å². The van der Waals surface area contributed by atoms with E-state index in [-0.39, 0.29) is 11.7 Å². The van der Waals surface area contributed by atoms with E-state index in [9.17, 15) is 9.90 Å². The number of nitrogens with two attached hydrogens (primary N) is 1. The van der Waals surface area contributed by atoms with Gasteiger partial charge in [-0.2, -0.15) is 5.26 Å². The smallest absolute Gasteiger partial charge is 0.256 e. The molecule has 4 rings (SSSR count). The van der Waals surface area contributed by atoms with E-state index < -0.39 is 6.23 Å². The second kappa shape index (κ2) is 8.49. The maximum Gasteiger partial charge on any atom is 0.256 e. The first-order valence-electron chi connectivity index (χ1n) is 10.1. The number of hydrogen-bond donors (Lipinski definition) is 4. The lowest BCUT2D eigenvalue weighted by Crippen LogP contribution is -2.17. The van der Waals surface area contributed by atoms with Gasteiger partial charge in [-0.15, -0.1) is 0 Å². The van der Waals surface area contributed by atoms with Gasteiger partial charge < -0.3 is 25.9 Å². The van der Waals surface area contributed by atoms with Crippen molar-refractivity contribution in [3.63, 3.8) is 0 Å². The van der Waals surface area contributed by atoms with Gasteiger partial charge in [-0.05, 0) is 68.4 Å². The number of nitrogen functional groups attached to an aromatic ring is 1. The van der Waals surface area contributed by atoms with Crippen molar-refractivity contribution in [3.8, 4) is 17.5 Å². The lowest BCUT2D eigenvalue weighted by atomic mass is 10.1. The topological polar surface area (TPSA) is 129 Å². The molecule has 8 heteroatoms. The Hall–Kier alpha value is -4.22. The van der Waals surface area contributed by atoms with Crippen LogP contribution in [-0.4, -0.2) is 20.8 Å². The van der Waals surface area contributed by atoms with E-state index in [1.807, 2.05) is 44.2 Å². The summed E-state index contributed by atoms with van der Waals surface area (Å²) < 4.78 is 7.22. The number of ether oxygens (including phenoxy) is 1. The first kappa shape index (κ1) is 21.0. The molecule has 0 aliphatic carbocycles. The number of fused-ring (bicyclic) bond motifs is 1. The molecule has 0 fully saturated rings. The summed E-state index contributed by atoms with van der Waals surface area (Å²) in [6, 6.07) is 19.1. The number of rotatable bonds is 6. The Morgan fingerprint density at radius 3 is 2.56 bits per heavy atom. The van der Waals surface area contributed by atoms with E-state index in [1.54, 1.807) is 34.9 Å². The number of aliphatic hydroxyl groups excluding tert-OH is 1. The Labute approximate surface area is 184 Å². The number of pyridine rings is 1. The van der Waals surface area contributed by atoms with Gasteiger partial charge in [0.1, 0.15) is 17.5 Å². The number of nitrogens with one attached hydrogen (secondary N) is 2. The lowest BCUT2D eigenvalue weighted by Gasteiger charge is -2.14. The number of benzene rings is 2. The fourth-order valence-electron chi connectivity index (χ4n) is 3.47. The average molecular weight is 429 g/mol. The quantitative estimate of drug-likeness (QED) is 0.273. The maximum atomic E-state index is 12.7. The highest BCUT2D eigenvalue weighted by Crippen LogP contribution is 2.25. The molecular formula is C24H23N5O3. The van der Waals surface area contributed by atoms with Crippen molar-refractivity contribution in [1.29, 1.82) is 5.26 Å². The summed E-state index contributed by atoms with van der Waals surface area (Å²) >= 11 is 0. The molecule has 0 spiro atoms. The van der Waals surface area contributed by atoms with E-state index in [0.29, 0.717) is 34.0 Å². The molecule has 0 bridgehead atoms. The van der Waals surface area contributed by atoms with Crippen LogP contribution in [-0.2, 0) is 0 Å². The van der Waals surface area contributed by atoms with Crippen molar-refractivity contribution in [2.75, 3.05) is 11.1 Å². The summed E-state index contributed by atoms with van der Waals surface area (Å²) in [7, 11) is 0. The Morgan fingerprint density at radius 1 is 1.12 bits per heavy atom. The molecule has 0 saturated carbocycles. The summed E-state index contributed by atoms with van der Waals surface area (Å²) in [6.07, 6.45) is -1.04. The Kier molecular flexibility index (Phi) is 5.58. The standard InChI is InChI=1S/C24H23N5O3/c1-14(2)32-19-7-5-18(6-8-19)29-22(30)10-3-15-12-21(28-23(15)29)24(31)27-17-4-9-20(26)16(11-17)13-25/h3-12,14,24,27-28,31H,26H2,1-2H3. The number of hydrogen-bond acceptors (Lipinski definition) is 6. The minimum atomic E-state index is -1.09. The second-order valence-corrected chi connectivity index (χ2v) is 7.66. The van der Waals surface area contributed by atoms with Gasteiger partial charge in [0.05, 0.1) is 23.0 Å². The van der Waals surface area contributed by atoms with Gasteiger partial charge in [0, 0.05) is 22.8 Å². The minimum Gasteiger partial charge on any atom is -0.491 e. The third-order valence-corrected chi connectivity index (χ3v) is 4.94. The highest BCUT2D eigenvalue weighted by atomic mass is 16.5. The van der Waals surface area contributed by atoms with Crippen molar-refractivity contribution < 1.29 is 9.84 Å². The SMILES string of the molecule is CC(C)Oc1ccc(-n2c(=O)ccc3cc(C(O)Nc4ccc(N)c(C#N)c4)[nH]c32)cc1. The molecule has 5 N–H and O–H groups in total. The number of aliphatic hydroxyl groups is 1. The van der Waals surface area contributed by atoms with Gasteiger partial charge in [0.2, 0.25) is 0 Å². The Morgan fingerprint density at radius 2 is 1.88 bits per heavy atom. The van der Waals surface area contributed by atoms with Gasteiger partial charge in [-0.1, -0.05) is 0 Å². The highest BCUT2D eigenvalue weighted by molar-refractivity contribution is 5.79. The number of nitrogens with zero attached hydrogens (tertiary/aromatic N) is 2. The monoisotopic (exact) mass is 429 g/mol. The zero-order valence-electron chi connectivity index (χ0n) is 17.7. The molecule has 0 radical (unpaired) electrons. The number of H-pyrrole nitrogens is 1. The molecule has 162 valence electrons. The van der Waals surface area contributed by atoms with Gasteiger partial charge in [0.15, 0.2) is 6.23 Å². The molecule has 0 amide bonds. The van der Waals surface area contributed by atoms with Gasteiger partial charge in [-0.3, -0.25) is 9.36 Å². The second-order valence-electron chi connectivity index (χ2n) is 7.66. The predicted molar refractivity (Wildman–Crippen MR) is 124 cm³/mol. The molecule has 1 unspecified atom stereocenters. The molecule has 4 aromatic rings. The van der Waals surface area contributed by atoms with Crippen LogP contribution in [0.3, 0.4) is 0 Å². The number of aromatic amines is 1. The minimum absolute atomic E-state index is 0.0530. The van der Waals surface area contributed by atoms with Crippen LogP contribution in [0.2, 0.25) is 0 Å². The van der Waals surface area contributed by atoms with Crippen LogP contribution >= 0.6 is 0 Å². The van der Waals surface area contributed by atoms with Crippen molar-refractivity contribution in [3.05, 3.63) is 82.3 Å². The fraction of sp³-hybridized carbons (Fsp3) is 0.167. The zero-order valence-corrected chi connectivity index (χ0v) is 17.7. The molecule has 0 aliphatic heterocycles. The maximum absolute atomic E-state index is 12.7. The molecule has 0 aliphatic rings. The normalized spacial score (nSPS) is 12.0. The lowest BCUT2D eigenvalue weighted by molar-refractivity contribution is 0.204. The van der Waals surface area contributed by atoms with E-state index in [4.69, 9.17) is 15.7 Å². The van der Waals surface area contributed by atoms with Crippen LogP contribution in [0.5, 0.6) is 5.75 Å². The van der Waals surface area contributed by atoms with E-state index in [2.05, 4.69) is 10.3 Å². The summed E-state index contributed by atoms with van der Waals surface area (Å²) in [5.41, 5.74) is 8.47. The van der Waals surface area contributed by atoms with Crippen molar-refractivity contribution in [2.24, 2.45) is 0 Å². The molecule has 0 saturated heterocycles. The van der Waals surface area contributed by atoms with Crippen LogP contribution in [0.1, 0.15) is 31.3 Å². The third kappa shape index (κ3) is 4.15. The van der Waals surface area contributed by atoms with Crippen LogP contribution in [0.4, 0.5) is 11.4 Å². The highest BCUT2D eigenvalue weighted by Gasteiger charge is 2.15. The largest absolute Gasteiger partial charge is 0.491 e. The molecule has 32 heavy (non-hydrogen) atoms. The molecule has 8 nitrogen and oxygen atoms in total.